The van der Waals surface area contributed by atoms with Gasteiger partial charge in [0.1, 0.15) is 10.8 Å². The molecule has 2 aromatic heterocycles. The van der Waals surface area contributed by atoms with Crippen molar-refractivity contribution in [1.29, 1.82) is 0 Å². The van der Waals surface area contributed by atoms with E-state index in [1.54, 1.807) is 13.2 Å². The summed E-state index contributed by atoms with van der Waals surface area (Å²) in [5.41, 5.74) is 0.200. The average molecular weight is 540 g/mol. The van der Waals surface area contributed by atoms with Crippen LogP contribution in [0.4, 0.5) is 19.0 Å². The number of alkyl halides is 3. The Bertz CT molecular complexity index is 805. The molecule has 1 aliphatic rings. The first-order valence-corrected chi connectivity index (χ1v) is 9.99. The molecule has 0 radical (unpaired) electrons. The van der Waals surface area contributed by atoms with Crippen LogP contribution in [0.3, 0.4) is 0 Å². The summed E-state index contributed by atoms with van der Waals surface area (Å²) in [6.07, 6.45) is 1.03. The minimum Gasteiger partial charge on any atom is -0.357 e. The molecule has 0 spiro atoms. The number of aliphatic imine (C=N–C) groups is 1. The highest BCUT2D eigenvalue weighted by Gasteiger charge is 2.33. The molecule has 6 nitrogen and oxygen atoms in total. The number of halogens is 4. The number of guanidine groups is 1. The van der Waals surface area contributed by atoms with Crippen LogP contribution in [0, 0.1) is 0 Å². The Labute approximate surface area is 189 Å². The van der Waals surface area contributed by atoms with Crippen LogP contribution < -0.4 is 15.5 Å². The summed E-state index contributed by atoms with van der Waals surface area (Å²) in [6.45, 7) is 2.77. The third-order valence-electron chi connectivity index (χ3n) is 4.42. The van der Waals surface area contributed by atoms with E-state index in [2.05, 4.69) is 36.6 Å². The smallest absolute Gasteiger partial charge is 0.357 e. The zero-order valence-electron chi connectivity index (χ0n) is 16.0. The maximum atomic E-state index is 12.6. The fourth-order valence-corrected chi connectivity index (χ4v) is 3.70. The van der Waals surface area contributed by atoms with Gasteiger partial charge >= 0.3 is 6.18 Å². The Morgan fingerprint density at radius 2 is 1.93 bits per heavy atom. The van der Waals surface area contributed by atoms with E-state index in [-0.39, 0.29) is 30.5 Å². The van der Waals surface area contributed by atoms with Crippen molar-refractivity contribution in [3.63, 3.8) is 0 Å². The summed E-state index contributed by atoms with van der Waals surface area (Å²) >= 11 is 0.971. The van der Waals surface area contributed by atoms with Crippen LogP contribution in [0.25, 0.3) is 0 Å². The number of rotatable bonds is 5. The Balaban J connectivity index is 0.00000300. The molecule has 0 bridgehead atoms. The van der Waals surface area contributed by atoms with Crippen LogP contribution in [0.15, 0.2) is 28.7 Å². The number of nitrogens with zero attached hydrogens (tertiary/aromatic N) is 4. The van der Waals surface area contributed by atoms with E-state index in [0.717, 1.165) is 41.2 Å². The lowest BCUT2D eigenvalue weighted by Crippen LogP contribution is -2.36. The SMILES string of the molecule is CN=C(NCc1ccnc(N2CCCCC2)c1)NCc1nc(C(F)(F)F)cs1.I. The summed E-state index contributed by atoms with van der Waals surface area (Å²) in [5, 5.41) is 7.54. The van der Waals surface area contributed by atoms with Crippen LogP contribution in [-0.2, 0) is 19.3 Å². The molecule has 0 unspecified atom stereocenters. The molecule has 0 atom stereocenters. The molecule has 0 amide bonds. The van der Waals surface area contributed by atoms with Crippen molar-refractivity contribution in [1.82, 2.24) is 20.6 Å². The van der Waals surface area contributed by atoms with Gasteiger partial charge in [-0.15, -0.1) is 35.3 Å². The first-order chi connectivity index (χ1) is 13.5. The van der Waals surface area contributed by atoms with Crippen molar-refractivity contribution < 1.29 is 13.2 Å². The van der Waals surface area contributed by atoms with Crippen molar-refractivity contribution >= 4 is 47.1 Å². The van der Waals surface area contributed by atoms with Gasteiger partial charge in [-0.05, 0) is 37.0 Å². The fourth-order valence-electron chi connectivity index (χ4n) is 2.95. The first-order valence-electron chi connectivity index (χ1n) is 9.11. The molecule has 11 heteroatoms. The van der Waals surface area contributed by atoms with E-state index in [1.807, 2.05) is 6.07 Å². The van der Waals surface area contributed by atoms with E-state index in [1.165, 1.54) is 19.3 Å². The Morgan fingerprint density at radius 3 is 2.59 bits per heavy atom. The number of hydrogen-bond acceptors (Lipinski definition) is 5. The molecule has 0 aliphatic carbocycles. The zero-order valence-corrected chi connectivity index (χ0v) is 19.1. The molecule has 2 N–H and O–H groups in total. The second-order valence-corrected chi connectivity index (χ2v) is 7.42. The van der Waals surface area contributed by atoms with E-state index < -0.39 is 11.9 Å². The van der Waals surface area contributed by atoms with E-state index in [0.29, 0.717) is 17.5 Å². The van der Waals surface area contributed by atoms with Gasteiger partial charge in [-0.1, -0.05) is 0 Å². The summed E-state index contributed by atoms with van der Waals surface area (Å²) in [7, 11) is 1.62. The van der Waals surface area contributed by atoms with Crippen LogP contribution >= 0.6 is 35.3 Å². The van der Waals surface area contributed by atoms with Gasteiger partial charge in [-0.3, -0.25) is 4.99 Å². The second-order valence-electron chi connectivity index (χ2n) is 6.47. The lowest BCUT2D eigenvalue weighted by molar-refractivity contribution is -0.140. The molecule has 1 aliphatic heterocycles. The molecule has 2 aromatic rings. The molecule has 1 saturated heterocycles. The highest BCUT2D eigenvalue weighted by atomic mass is 127. The number of piperidine rings is 1. The van der Waals surface area contributed by atoms with Gasteiger partial charge in [0.15, 0.2) is 11.7 Å². The van der Waals surface area contributed by atoms with Crippen LogP contribution in [-0.4, -0.2) is 36.1 Å². The highest BCUT2D eigenvalue weighted by molar-refractivity contribution is 14.0. The van der Waals surface area contributed by atoms with Crippen LogP contribution in [0.1, 0.15) is 35.5 Å². The molecule has 160 valence electrons. The molecule has 29 heavy (non-hydrogen) atoms. The van der Waals surface area contributed by atoms with E-state index in [9.17, 15) is 13.2 Å². The largest absolute Gasteiger partial charge is 0.434 e. The third kappa shape index (κ3) is 6.98. The second kappa shape index (κ2) is 11.0. The minimum absolute atomic E-state index is 0. The lowest BCUT2D eigenvalue weighted by atomic mass is 10.1. The number of hydrogen-bond donors (Lipinski definition) is 2. The van der Waals surface area contributed by atoms with Crippen molar-refractivity contribution in [3.8, 4) is 0 Å². The number of thiazole rings is 1. The number of nitrogens with one attached hydrogen (secondary N) is 2. The van der Waals surface area contributed by atoms with Gasteiger partial charge in [0.05, 0.1) is 6.54 Å². The standard InChI is InChI=1S/C18H23F3N6S.HI/c1-22-17(25-11-16-26-14(12-28-16)18(19,20)21)24-10-13-5-6-23-15(9-13)27-7-3-2-4-8-27;/h5-6,9,12H,2-4,7-8,10-11H2,1H3,(H2,22,24,25);1H. The normalized spacial score (nSPS) is 15.0. The molecule has 0 aromatic carbocycles. The van der Waals surface area contributed by atoms with Crippen molar-refractivity contribution in [2.75, 3.05) is 25.0 Å². The van der Waals surface area contributed by atoms with Crippen molar-refractivity contribution in [2.45, 2.75) is 38.5 Å². The number of anilines is 1. The van der Waals surface area contributed by atoms with E-state index in [4.69, 9.17) is 0 Å². The molecule has 1 fully saturated rings. The van der Waals surface area contributed by atoms with Gasteiger partial charge in [0.2, 0.25) is 0 Å². The Hall–Kier alpha value is -1.63. The maximum absolute atomic E-state index is 12.6. The zero-order chi connectivity index (χ0) is 20.0. The third-order valence-corrected chi connectivity index (χ3v) is 5.27. The molecule has 3 heterocycles. The van der Waals surface area contributed by atoms with Crippen LogP contribution in [0.5, 0.6) is 0 Å². The van der Waals surface area contributed by atoms with Crippen LogP contribution in [0.2, 0.25) is 0 Å². The topological polar surface area (TPSA) is 65.4 Å². The predicted molar refractivity (Wildman–Crippen MR) is 120 cm³/mol. The molecule has 0 saturated carbocycles. The van der Waals surface area contributed by atoms with Gasteiger partial charge in [-0.2, -0.15) is 13.2 Å². The van der Waals surface area contributed by atoms with Gasteiger partial charge in [0, 0.05) is 38.3 Å². The predicted octanol–water partition coefficient (Wildman–Crippen LogP) is 4.03. The molecular weight excluding hydrogens is 516 g/mol. The molecule has 3 rings (SSSR count). The van der Waals surface area contributed by atoms with E-state index >= 15 is 0 Å². The average Bonchev–Trinajstić information content (AvgIpc) is 3.19. The summed E-state index contributed by atoms with van der Waals surface area (Å²) in [6, 6.07) is 3.99. The Kier molecular flexibility index (Phi) is 8.93. The highest BCUT2D eigenvalue weighted by Crippen LogP contribution is 2.29. The summed E-state index contributed by atoms with van der Waals surface area (Å²) in [4.78, 5) is 14.5. The number of pyridine rings is 1. The van der Waals surface area contributed by atoms with Gasteiger partial charge in [0.25, 0.3) is 0 Å². The maximum Gasteiger partial charge on any atom is 0.434 e. The molecular formula is C18H24F3IN6S. The lowest BCUT2D eigenvalue weighted by Gasteiger charge is -2.28. The monoisotopic (exact) mass is 540 g/mol. The fraction of sp³-hybridized carbons (Fsp3) is 0.500. The Morgan fingerprint density at radius 1 is 1.21 bits per heavy atom. The minimum atomic E-state index is -4.41. The van der Waals surface area contributed by atoms with Gasteiger partial charge in [-0.25, -0.2) is 9.97 Å². The van der Waals surface area contributed by atoms with Gasteiger partial charge < -0.3 is 15.5 Å². The van der Waals surface area contributed by atoms with Crippen molar-refractivity contribution in [3.05, 3.63) is 40.0 Å². The van der Waals surface area contributed by atoms with Crippen molar-refractivity contribution in [2.24, 2.45) is 4.99 Å². The summed E-state index contributed by atoms with van der Waals surface area (Å²) in [5.74, 6) is 1.48. The first kappa shape index (κ1) is 23.6. The quantitative estimate of drug-likeness (QED) is 0.341. The number of aromatic nitrogens is 2. The summed E-state index contributed by atoms with van der Waals surface area (Å²) < 4.78 is 37.9.